The van der Waals surface area contributed by atoms with Crippen molar-refractivity contribution in [2.45, 2.75) is 0 Å². The zero-order chi connectivity index (χ0) is 19.2. The molecule has 0 saturated heterocycles. The van der Waals surface area contributed by atoms with Crippen LogP contribution >= 0.6 is 11.3 Å². The number of carbonyl (C=O) groups excluding carboxylic acids is 2. The Morgan fingerprint density at radius 1 is 1.19 bits per heavy atom. The fraction of sp³-hybridized carbons (Fsp3) is 0.105. The molecule has 3 rings (SSSR count). The van der Waals surface area contributed by atoms with Gasteiger partial charge in [-0.25, -0.2) is 14.2 Å². The van der Waals surface area contributed by atoms with Gasteiger partial charge in [-0.3, -0.25) is 10.1 Å². The molecule has 0 bridgehead atoms. The predicted molar refractivity (Wildman–Crippen MR) is 99.4 cm³/mol. The molecule has 0 aliphatic carbocycles. The second-order valence-electron chi connectivity index (χ2n) is 5.40. The highest BCUT2D eigenvalue weighted by atomic mass is 32.1. The van der Waals surface area contributed by atoms with Crippen LogP contribution in [0.25, 0.3) is 11.3 Å². The van der Waals surface area contributed by atoms with Crippen LogP contribution in [0.1, 0.15) is 10.4 Å². The van der Waals surface area contributed by atoms with E-state index in [1.54, 1.807) is 12.5 Å². The molecule has 0 unspecified atom stereocenters. The monoisotopic (exact) mass is 386 g/mol. The summed E-state index contributed by atoms with van der Waals surface area (Å²) in [5, 5.41) is 4.75. The Bertz CT molecular complexity index is 956. The fourth-order valence-corrected chi connectivity index (χ4v) is 2.95. The SMILES string of the molecule is COc1ccc(-c2csc(NC(=O)COC(=O)c3cccc(F)c3)n2)cc1. The molecule has 1 aromatic heterocycles. The smallest absolute Gasteiger partial charge is 0.338 e. The summed E-state index contributed by atoms with van der Waals surface area (Å²) in [6, 6.07) is 12.4. The number of thiazole rings is 1. The van der Waals surface area contributed by atoms with E-state index in [9.17, 15) is 14.0 Å². The predicted octanol–water partition coefficient (Wildman–Crippen LogP) is 3.75. The molecule has 1 heterocycles. The minimum Gasteiger partial charge on any atom is -0.497 e. The Kier molecular flexibility index (Phi) is 5.77. The normalized spacial score (nSPS) is 10.3. The summed E-state index contributed by atoms with van der Waals surface area (Å²) in [5.41, 5.74) is 1.62. The lowest BCUT2D eigenvalue weighted by Gasteiger charge is -2.05. The van der Waals surface area contributed by atoms with Crippen LogP contribution in [0.5, 0.6) is 5.75 Å². The molecular formula is C19H15FN2O4S. The molecule has 0 radical (unpaired) electrons. The second kappa shape index (κ2) is 8.41. The molecule has 6 nitrogen and oxygen atoms in total. The van der Waals surface area contributed by atoms with E-state index in [1.807, 2.05) is 24.3 Å². The van der Waals surface area contributed by atoms with Gasteiger partial charge >= 0.3 is 5.97 Å². The minimum atomic E-state index is -0.775. The number of nitrogens with one attached hydrogen (secondary N) is 1. The highest BCUT2D eigenvalue weighted by Crippen LogP contribution is 2.26. The topological polar surface area (TPSA) is 77.5 Å². The van der Waals surface area contributed by atoms with Crippen LogP contribution in [0.3, 0.4) is 0 Å². The zero-order valence-corrected chi connectivity index (χ0v) is 15.1. The molecule has 1 amide bonds. The van der Waals surface area contributed by atoms with E-state index in [0.29, 0.717) is 10.8 Å². The molecule has 138 valence electrons. The van der Waals surface area contributed by atoms with Crippen LogP contribution < -0.4 is 10.1 Å². The zero-order valence-electron chi connectivity index (χ0n) is 14.3. The van der Waals surface area contributed by atoms with Crippen LogP contribution in [-0.2, 0) is 9.53 Å². The first-order valence-corrected chi connectivity index (χ1v) is 8.75. The molecule has 2 aromatic carbocycles. The molecule has 0 aliphatic heterocycles. The number of aromatic nitrogens is 1. The van der Waals surface area contributed by atoms with Gasteiger partial charge < -0.3 is 9.47 Å². The van der Waals surface area contributed by atoms with Crippen molar-refractivity contribution in [1.29, 1.82) is 0 Å². The Hall–Kier alpha value is -3.26. The van der Waals surface area contributed by atoms with Crippen LogP contribution in [-0.4, -0.2) is 30.6 Å². The Morgan fingerprint density at radius 3 is 2.67 bits per heavy atom. The fourth-order valence-electron chi connectivity index (χ4n) is 2.21. The van der Waals surface area contributed by atoms with Crippen LogP contribution in [0, 0.1) is 5.82 Å². The number of benzene rings is 2. The van der Waals surface area contributed by atoms with Gasteiger partial charge in [0.25, 0.3) is 5.91 Å². The quantitative estimate of drug-likeness (QED) is 0.653. The second-order valence-corrected chi connectivity index (χ2v) is 6.26. The molecule has 8 heteroatoms. The van der Waals surface area contributed by atoms with Gasteiger partial charge in [0.1, 0.15) is 11.6 Å². The number of halogens is 1. The maximum Gasteiger partial charge on any atom is 0.338 e. The van der Waals surface area contributed by atoms with E-state index >= 15 is 0 Å². The number of hydrogen-bond acceptors (Lipinski definition) is 6. The Morgan fingerprint density at radius 2 is 1.96 bits per heavy atom. The highest BCUT2D eigenvalue weighted by Gasteiger charge is 2.13. The van der Waals surface area contributed by atoms with E-state index < -0.39 is 24.3 Å². The highest BCUT2D eigenvalue weighted by molar-refractivity contribution is 7.14. The first-order chi connectivity index (χ1) is 13.0. The summed E-state index contributed by atoms with van der Waals surface area (Å²) in [7, 11) is 1.59. The third-order valence-corrected chi connectivity index (χ3v) is 4.29. The van der Waals surface area contributed by atoms with Crippen molar-refractivity contribution >= 4 is 28.3 Å². The summed E-state index contributed by atoms with van der Waals surface area (Å²) >= 11 is 1.25. The van der Waals surface area contributed by atoms with Gasteiger partial charge in [0.05, 0.1) is 18.4 Å². The minimum absolute atomic E-state index is 0.0406. The van der Waals surface area contributed by atoms with Crippen molar-refractivity contribution in [3.63, 3.8) is 0 Å². The van der Waals surface area contributed by atoms with Crippen molar-refractivity contribution in [3.05, 3.63) is 65.3 Å². The summed E-state index contributed by atoms with van der Waals surface area (Å²) in [6.45, 7) is -0.493. The molecule has 0 fully saturated rings. The van der Waals surface area contributed by atoms with Gasteiger partial charge in [-0.1, -0.05) is 6.07 Å². The Labute approximate surface area is 158 Å². The lowest BCUT2D eigenvalue weighted by molar-refractivity contribution is -0.119. The van der Waals surface area contributed by atoms with Crippen LogP contribution in [0.2, 0.25) is 0 Å². The van der Waals surface area contributed by atoms with Gasteiger partial charge in [0.2, 0.25) is 0 Å². The molecule has 27 heavy (non-hydrogen) atoms. The van der Waals surface area contributed by atoms with Gasteiger partial charge in [-0.2, -0.15) is 0 Å². The van der Waals surface area contributed by atoms with E-state index in [0.717, 1.165) is 17.4 Å². The molecule has 3 aromatic rings. The lowest BCUT2D eigenvalue weighted by atomic mass is 10.2. The van der Waals surface area contributed by atoms with Crippen LogP contribution in [0.15, 0.2) is 53.9 Å². The number of hydrogen-bond donors (Lipinski definition) is 1. The van der Waals surface area contributed by atoms with Crippen molar-refractivity contribution in [2.24, 2.45) is 0 Å². The Balaban J connectivity index is 1.55. The maximum absolute atomic E-state index is 13.1. The van der Waals surface area contributed by atoms with E-state index in [-0.39, 0.29) is 5.56 Å². The first kappa shape index (κ1) is 18.5. The molecular weight excluding hydrogens is 371 g/mol. The summed E-state index contributed by atoms with van der Waals surface area (Å²) < 4.78 is 23.1. The molecule has 0 atom stereocenters. The molecule has 0 spiro atoms. The molecule has 0 saturated carbocycles. The number of carbonyl (C=O) groups is 2. The van der Waals surface area contributed by atoms with E-state index in [4.69, 9.17) is 9.47 Å². The lowest BCUT2D eigenvalue weighted by Crippen LogP contribution is -2.20. The van der Waals surface area contributed by atoms with Crippen molar-refractivity contribution < 1.29 is 23.5 Å². The van der Waals surface area contributed by atoms with Gasteiger partial charge in [-0.05, 0) is 42.5 Å². The van der Waals surface area contributed by atoms with Gasteiger partial charge in [-0.15, -0.1) is 11.3 Å². The number of amides is 1. The molecule has 0 aliphatic rings. The maximum atomic E-state index is 13.1. The number of anilines is 1. The summed E-state index contributed by atoms with van der Waals surface area (Å²) in [4.78, 5) is 28.1. The standard InChI is InChI=1S/C19H15FN2O4S/c1-25-15-7-5-12(6-8-15)16-11-27-19(21-16)22-17(23)10-26-18(24)13-3-2-4-14(20)9-13/h2-9,11H,10H2,1H3,(H,21,22,23). The average Bonchev–Trinajstić information content (AvgIpc) is 3.14. The summed E-state index contributed by atoms with van der Waals surface area (Å²) in [6.07, 6.45) is 0. The number of ether oxygens (including phenoxy) is 2. The number of rotatable bonds is 6. The third-order valence-electron chi connectivity index (χ3n) is 3.53. The number of nitrogens with zero attached hydrogens (tertiary/aromatic N) is 1. The number of esters is 1. The van der Waals surface area contributed by atoms with Crippen LogP contribution in [0.4, 0.5) is 9.52 Å². The summed E-state index contributed by atoms with van der Waals surface area (Å²) in [5.74, 6) is -1.12. The number of methoxy groups -OCH3 is 1. The van der Waals surface area contributed by atoms with Crippen molar-refractivity contribution in [2.75, 3.05) is 19.0 Å². The average molecular weight is 386 g/mol. The first-order valence-electron chi connectivity index (χ1n) is 7.87. The van der Waals surface area contributed by atoms with Gasteiger partial charge in [0, 0.05) is 10.9 Å². The third kappa shape index (κ3) is 4.89. The van der Waals surface area contributed by atoms with Crippen molar-refractivity contribution in [3.8, 4) is 17.0 Å². The largest absolute Gasteiger partial charge is 0.497 e. The van der Waals surface area contributed by atoms with Crippen molar-refractivity contribution in [1.82, 2.24) is 4.98 Å². The van der Waals surface area contributed by atoms with E-state index in [1.165, 1.54) is 29.5 Å². The molecule has 1 N–H and O–H groups in total. The van der Waals surface area contributed by atoms with Gasteiger partial charge in [0.15, 0.2) is 11.7 Å². The van der Waals surface area contributed by atoms with E-state index in [2.05, 4.69) is 10.3 Å².